The zero-order valence-electron chi connectivity index (χ0n) is 10.2. The Morgan fingerprint density at radius 2 is 2.18 bits per heavy atom. The van der Waals surface area contributed by atoms with Crippen molar-refractivity contribution in [2.45, 2.75) is 18.9 Å². The number of nitrogens with zero attached hydrogens (tertiary/aromatic N) is 1. The van der Waals surface area contributed by atoms with Crippen LogP contribution in [0.1, 0.15) is 12.0 Å². The lowest BCUT2D eigenvalue weighted by Gasteiger charge is -2.15. The second-order valence-corrected chi connectivity index (χ2v) is 3.86. The Morgan fingerprint density at radius 1 is 1.47 bits per heavy atom. The number of benzene rings is 1. The fourth-order valence-electron chi connectivity index (χ4n) is 1.74. The van der Waals surface area contributed by atoms with Crippen molar-refractivity contribution in [1.29, 1.82) is 0 Å². The maximum absolute atomic E-state index is 10.9. The Morgan fingerprint density at radius 3 is 2.76 bits per heavy atom. The van der Waals surface area contributed by atoms with Gasteiger partial charge in [0.05, 0.1) is 4.92 Å². The van der Waals surface area contributed by atoms with Gasteiger partial charge in [-0.2, -0.15) is 0 Å². The first-order valence-corrected chi connectivity index (χ1v) is 5.57. The summed E-state index contributed by atoms with van der Waals surface area (Å²) < 4.78 is 5.02. The third-order valence-corrected chi connectivity index (χ3v) is 2.73. The highest BCUT2D eigenvalue weighted by Gasteiger charge is 2.16. The van der Waals surface area contributed by atoms with E-state index in [9.17, 15) is 10.1 Å². The first kappa shape index (κ1) is 13.6. The summed E-state index contributed by atoms with van der Waals surface area (Å²) in [6.07, 6.45) is 1.47. The minimum absolute atomic E-state index is 0.185. The van der Waals surface area contributed by atoms with Gasteiger partial charge in [0.2, 0.25) is 0 Å². The van der Waals surface area contributed by atoms with Crippen LogP contribution in [-0.2, 0) is 11.2 Å². The van der Waals surface area contributed by atoms with Crippen LogP contribution in [0.25, 0.3) is 0 Å². The molecule has 0 aliphatic carbocycles. The molecule has 0 saturated carbocycles. The highest BCUT2D eigenvalue weighted by Crippen LogP contribution is 2.19. The van der Waals surface area contributed by atoms with Gasteiger partial charge in [-0.15, -0.1) is 0 Å². The summed E-state index contributed by atoms with van der Waals surface area (Å²) in [4.78, 5) is 10.5. The molecule has 0 aromatic heterocycles. The Balaban J connectivity index is 2.75. The number of ether oxygens (including phenoxy) is 1. The van der Waals surface area contributed by atoms with Gasteiger partial charge in [-0.25, -0.2) is 0 Å². The van der Waals surface area contributed by atoms with E-state index in [1.54, 1.807) is 25.3 Å². The summed E-state index contributed by atoms with van der Waals surface area (Å²) in [5.74, 6) is 0. The van der Waals surface area contributed by atoms with Gasteiger partial charge in [-0.3, -0.25) is 10.1 Å². The fraction of sp³-hybridized carbons (Fsp3) is 0.500. The van der Waals surface area contributed by atoms with Crippen LogP contribution in [0, 0.1) is 10.1 Å². The third kappa shape index (κ3) is 4.13. The summed E-state index contributed by atoms with van der Waals surface area (Å²) in [7, 11) is 3.51. The average molecular weight is 238 g/mol. The van der Waals surface area contributed by atoms with Gasteiger partial charge in [-0.05, 0) is 19.9 Å². The molecule has 0 saturated heterocycles. The molecular weight excluding hydrogens is 220 g/mol. The molecule has 1 unspecified atom stereocenters. The number of hydrogen-bond donors (Lipinski definition) is 1. The van der Waals surface area contributed by atoms with Crippen LogP contribution < -0.4 is 5.32 Å². The Bertz CT molecular complexity index is 369. The highest BCUT2D eigenvalue weighted by molar-refractivity contribution is 5.40. The molecule has 1 atom stereocenters. The average Bonchev–Trinajstić information content (AvgIpc) is 2.34. The van der Waals surface area contributed by atoms with Crippen molar-refractivity contribution >= 4 is 5.69 Å². The number of likely N-dealkylation sites (N-methyl/N-ethyl adjacent to an activating group) is 1. The molecule has 0 heterocycles. The zero-order valence-corrected chi connectivity index (χ0v) is 10.2. The minimum Gasteiger partial charge on any atom is -0.385 e. The smallest absolute Gasteiger partial charge is 0.272 e. The van der Waals surface area contributed by atoms with E-state index in [1.165, 1.54) is 0 Å². The molecule has 94 valence electrons. The SMILES string of the molecule is CNC(CCOC)Cc1ccccc1[N+](=O)[O-]. The number of nitro groups is 1. The van der Waals surface area contributed by atoms with Crippen molar-refractivity contribution in [3.05, 3.63) is 39.9 Å². The lowest BCUT2D eigenvalue weighted by Crippen LogP contribution is -2.29. The van der Waals surface area contributed by atoms with Crippen LogP contribution in [0.4, 0.5) is 5.69 Å². The van der Waals surface area contributed by atoms with E-state index < -0.39 is 0 Å². The van der Waals surface area contributed by atoms with E-state index >= 15 is 0 Å². The predicted molar refractivity (Wildman–Crippen MR) is 66.1 cm³/mol. The molecule has 1 rings (SSSR count). The summed E-state index contributed by atoms with van der Waals surface area (Å²) >= 11 is 0. The molecule has 0 bridgehead atoms. The van der Waals surface area contributed by atoms with Gasteiger partial charge in [0.1, 0.15) is 0 Å². The van der Waals surface area contributed by atoms with Crippen LogP contribution in [0.5, 0.6) is 0 Å². The molecular formula is C12H18N2O3. The molecule has 0 radical (unpaired) electrons. The molecule has 1 aromatic carbocycles. The van der Waals surface area contributed by atoms with Crippen molar-refractivity contribution in [2.24, 2.45) is 0 Å². The molecule has 5 nitrogen and oxygen atoms in total. The van der Waals surface area contributed by atoms with Crippen molar-refractivity contribution in [3.8, 4) is 0 Å². The predicted octanol–water partition coefficient (Wildman–Crippen LogP) is 1.76. The molecule has 0 amide bonds. The highest BCUT2D eigenvalue weighted by atomic mass is 16.6. The molecule has 17 heavy (non-hydrogen) atoms. The van der Waals surface area contributed by atoms with Crippen molar-refractivity contribution < 1.29 is 9.66 Å². The number of rotatable bonds is 7. The zero-order chi connectivity index (χ0) is 12.7. The van der Waals surface area contributed by atoms with Gasteiger partial charge in [0.15, 0.2) is 0 Å². The Hall–Kier alpha value is -1.46. The molecule has 0 aliphatic heterocycles. The normalized spacial score (nSPS) is 12.4. The maximum atomic E-state index is 10.9. The number of nitro benzene ring substituents is 1. The standard InChI is InChI=1S/C12H18N2O3/c1-13-11(7-8-17-2)9-10-5-3-4-6-12(10)14(15)16/h3-6,11,13H,7-9H2,1-2H3. The van der Waals surface area contributed by atoms with E-state index in [2.05, 4.69) is 5.32 Å². The molecule has 1 N–H and O–H groups in total. The van der Waals surface area contributed by atoms with Crippen LogP contribution in [-0.4, -0.2) is 31.7 Å². The number of methoxy groups -OCH3 is 1. The van der Waals surface area contributed by atoms with E-state index in [4.69, 9.17) is 4.74 Å². The lowest BCUT2D eigenvalue weighted by atomic mass is 10.0. The quantitative estimate of drug-likeness (QED) is 0.580. The van der Waals surface area contributed by atoms with Crippen molar-refractivity contribution in [1.82, 2.24) is 5.32 Å². The Labute approximate surface area is 101 Å². The van der Waals surface area contributed by atoms with E-state index in [0.717, 1.165) is 12.0 Å². The van der Waals surface area contributed by atoms with E-state index in [0.29, 0.717) is 13.0 Å². The summed E-state index contributed by atoms with van der Waals surface area (Å²) in [5, 5.41) is 14.0. The van der Waals surface area contributed by atoms with Gasteiger partial charge < -0.3 is 10.1 Å². The molecule has 0 fully saturated rings. The van der Waals surface area contributed by atoms with Crippen LogP contribution >= 0.6 is 0 Å². The molecule has 0 aliphatic rings. The maximum Gasteiger partial charge on any atom is 0.272 e. The molecule has 5 heteroatoms. The second-order valence-electron chi connectivity index (χ2n) is 3.86. The van der Waals surface area contributed by atoms with E-state index in [1.807, 2.05) is 13.1 Å². The van der Waals surface area contributed by atoms with E-state index in [-0.39, 0.29) is 16.7 Å². The van der Waals surface area contributed by atoms with Gasteiger partial charge in [-0.1, -0.05) is 18.2 Å². The number of para-hydroxylation sites is 1. The van der Waals surface area contributed by atoms with Crippen LogP contribution in [0.15, 0.2) is 24.3 Å². The van der Waals surface area contributed by atoms with Gasteiger partial charge in [0.25, 0.3) is 5.69 Å². The van der Waals surface area contributed by atoms with Crippen LogP contribution in [0.2, 0.25) is 0 Å². The topological polar surface area (TPSA) is 64.4 Å². The van der Waals surface area contributed by atoms with Gasteiger partial charge in [0, 0.05) is 31.4 Å². The summed E-state index contributed by atoms with van der Waals surface area (Å²) in [6.45, 7) is 0.645. The minimum atomic E-state index is -0.335. The summed E-state index contributed by atoms with van der Waals surface area (Å²) in [5.41, 5.74) is 0.943. The molecule has 1 aromatic rings. The first-order valence-electron chi connectivity index (χ1n) is 5.57. The lowest BCUT2D eigenvalue weighted by molar-refractivity contribution is -0.385. The fourth-order valence-corrected chi connectivity index (χ4v) is 1.74. The van der Waals surface area contributed by atoms with Crippen molar-refractivity contribution in [2.75, 3.05) is 20.8 Å². The largest absolute Gasteiger partial charge is 0.385 e. The number of nitrogens with one attached hydrogen (secondary N) is 1. The summed E-state index contributed by atoms with van der Waals surface area (Å²) in [6, 6.07) is 7.04. The Kier molecular flexibility index (Phi) is 5.59. The third-order valence-electron chi connectivity index (χ3n) is 2.73. The first-order chi connectivity index (χ1) is 8.19. The molecule has 0 spiro atoms. The van der Waals surface area contributed by atoms with Crippen molar-refractivity contribution in [3.63, 3.8) is 0 Å². The van der Waals surface area contributed by atoms with Crippen LogP contribution in [0.3, 0.4) is 0 Å². The van der Waals surface area contributed by atoms with Gasteiger partial charge >= 0.3 is 0 Å². The number of hydrogen-bond acceptors (Lipinski definition) is 4. The monoisotopic (exact) mass is 238 g/mol. The second kappa shape index (κ2) is 6.98.